The first-order chi connectivity index (χ1) is 10.8. The maximum atomic E-state index is 8.92. The summed E-state index contributed by atoms with van der Waals surface area (Å²) in [5.41, 5.74) is 6.77. The van der Waals surface area contributed by atoms with E-state index in [9.17, 15) is 0 Å². The lowest BCUT2D eigenvalue weighted by atomic mass is 10.1. The molecule has 6 heteroatoms. The molecule has 1 atom stereocenters. The predicted molar refractivity (Wildman–Crippen MR) is 84.2 cm³/mol. The van der Waals surface area contributed by atoms with E-state index in [2.05, 4.69) is 0 Å². The Labute approximate surface area is 132 Å². The Bertz CT molecular complexity index is 371. The lowest BCUT2D eigenvalue weighted by molar-refractivity contribution is 0.0180. The summed E-state index contributed by atoms with van der Waals surface area (Å²) in [4.78, 5) is 0. The van der Waals surface area contributed by atoms with Crippen molar-refractivity contribution in [1.29, 1.82) is 0 Å². The fraction of sp³-hybridized carbons (Fsp3) is 0.625. The van der Waals surface area contributed by atoms with Gasteiger partial charge in [-0.2, -0.15) is 0 Å². The molecule has 0 aliphatic carbocycles. The van der Waals surface area contributed by atoms with Crippen molar-refractivity contribution in [3.05, 3.63) is 29.8 Å². The lowest BCUT2D eigenvalue weighted by Gasteiger charge is -2.10. The third kappa shape index (κ3) is 8.96. The number of aliphatic hydroxyl groups is 1. The van der Waals surface area contributed by atoms with Crippen molar-refractivity contribution in [1.82, 2.24) is 0 Å². The summed E-state index contributed by atoms with van der Waals surface area (Å²) in [6, 6.07) is 7.48. The molecule has 6 nitrogen and oxygen atoms in total. The van der Waals surface area contributed by atoms with E-state index in [4.69, 9.17) is 29.8 Å². The van der Waals surface area contributed by atoms with Gasteiger partial charge in [-0.05, 0) is 24.1 Å². The Kier molecular flexibility index (Phi) is 10.6. The molecule has 0 saturated heterocycles. The Morgan fingerprint density at radius 3 is 2.14 bits per heavy atom. The maximum Gasteiger partial charge on any atom is 0.119 e. The molecular weight excluding hydrogens is 286 g/mol. The van der Waals surface area contributed by atoms with Crippen LogP contribution in [0.15, 0.2) is 24.3 Å². The van der Waals surface area contributed by atoms with Gasteiger partial charge in [-0.25, -0.2) is 0 Å². The van der Waals surface area contributed by atoms with Crippen molar-refractivity contribution in [2.75, 3.05) is 53.4 Å². The van der Waals surface area contributed by atoms with Gasteiger partial charge < -0.3 is 29.8 Å². The first kappa shape index (κ1) is 18.9. The van der Waals surface area contributed by atoms with Gasteiger partial charge in [0.2, 0.25) is 0 Å². The number of ether oxygens (including phenoxy) is 4. The fourth-order valence-electron chi connectivity index (χ4n) is 1.77. The van der Waals surface area contributed by atoms with Crippen LogP contribution in [0.3, 0.4) is 0 Å². The van der Waals surface area contributed by atoms with Crippen LogP contribution in [0.5, 0.6) is 5.75 Å². The molecule has 1 rings (SSSR count). The highest BCUT2D eigenvalue weighted by Gasteiger charge is 2.02. The van der Waals surface area contributed by atoms with Crippen LogP contribution in [0.2, 0.25) is 0 Å². The molecule has 0 saturated carbocycles. The number of aliphatic hydroxyl groups excluding tert-OH is 1. The summed E-state index contributed by atoms with van der Waals surface area (Å²) >= 11 is 0. The van der Waals surface area contributed by atoms with Crippen LogP contribution in [0.4, 0.5) is 0 Å². The number of methoxy groups -OCH3 is 1. The van der Waals surface area contributed by atoms with Gasteiger partial charge in [0.25, 0.3) is 0 Å². The molecule has 0 spiro atoms. The van der Waals surface area contributed by atoms with Gasteiger partial charge in [-0.3, -0.25) is 0 Å². The zero-order valence-corrected chi connectivity index (χ0v) is 13.2. The van der Waals surface area contributed by atoms with Crippen molar-refractivity contribution in [3.63, 3.8) is 0 Å². The minimum Gasteiger partial charge on any atom is -0.491 e. The van der Waals surface area contributed by atoms with Gasteiger partial charge in [-0.1, -0.05) is 12.1 Å². The standard InChI is InChI=1S/C16H27NO5/c1-19-6-7-20-8-9-21-10-11-22-16-4-2-14(3-5-16)12-15(17)13-18/h2-5,15,18H,6-13,17H2,1H3/t15-/m1/s1. The Morgan fingerprint density at radius 1 is 0.955 bits per heavy atom. The van der Waals surface area contributed by atoms with Gasteiger partial charge >= 0.3 is 0 Å². The van der Waals surface area contributed by atoms with Crippen molar-refractivity contribution in [2.24, 2.45) is 5.73 Å². The highest BCUT2D eigenvalue weighted by atomic mass is 16.6. The molecular formula is C16H27NO5. The van der Waals surface area contributed by atoms with E-state index in [1.807, 2.05) is 24.3 Å². The summed E-state index contributed by atoms with van der Waals surface area (Å²) in [6.45, 7) is 3.29. The number of rotatable bonds is 13. The van der Waals surface area contributed by atoms with E-state index < -0.39 is 0 Å². The Hall–Kier alpha value is -1.18. The minimum atomic E-state index is -0.216. The number of benzene rings is 1. The smallest absolute Gasteiger partial charge is 0.119 e. The predicted octanol–water partition coefficient (Wildman–Crippen LogP) is 0.607. The summed E-state index contributed by atoms with van der Waals surface area (Å²) in [6.07, 6.45) is 0.656. The molecule has 0 aliphatic rings. The molecule has 22 heavy (non-hydrogen) atoms. The van der Waals surface area contributed by atoms with Crippen LogP contribution in [-0.2, 0) is 20.6 Å². The summed E-state index contributed by atoms with van der Waals surface area (Å²) in [5, 5.41) is 8.92. The monoisotopic (exact) mass is 313 g/mol. The summed E-state index contributed by atoms with van der Waals surface area (Å²) < 4.78 is 21.1. The fourth-order valence-corrected chi connectivity index (χ4v) is 1.77. The van der Waals surface area contributed by atoms with Crippen LogP contribution in [0, 0.1) is 0 Å². The second-order valence-electron chi connectivity index (χ2n) is 4.86. The number of nitrogens with two attached hydrogens (primary N) is 1. The number of hydrogen-bond acceptors (Lipinski definition) is 6. The zero-order valence-electron chi connectivity index (χ0n) is 13.2. The van der Waals surface area contributed by atoms with Crippen molar-refractivity contribution in [3.8, 4) is 5.75 Å². The number of hydrogen-bond donors (Lipinski definition) is 2. The molecule has 0 aromatic heterocycles. The van der Waals surface area contributed by atoms with E-state index in [1.165, 1.54) is 0 Å². The second-order valence-corrected chi connectivity index (χ2v) is 4.86. The quantitative estimate of drug-likeness (QED) is 0.519. The molecule has 0 fully saturated rings. The Morgan fingerprint density at radius 2 is 1.55 bits per heavy atom. The molecule has 126 valence electrons. The summed E-state index contributed by atoms with van der Waals surface area (Å²) in [7, 11) is 1.64. The highest BCUT2D eigenvalue weighted by molar-refractivity contribution is 5.27. The normalized spacial score (nSPS) is 12.3. The average molecular weight is 313 g/mol. The topological polar surface area (TPSA) is 83.2 Å². The Balaban J connectivity index is 2.05. The van der Waals surface area contributed by atoms with Gasteiger partial charge in [0.15, 0.2) is 0 Å². The molecule has 1 aromatic rings. The van der Waals surface area contributed by atoms with E-state index >= 15 is 0 Å². The van der Waals surface area contributed by atoms with Crippen LogP contribution in [0.25, 0.3) is 0 Å². The third-order valence-corrected chi connectivity index (χ3v) is 2.96. The maximum absolute atomic E-state index is 8.92. The van der Waals surface area contributed by atoms with Crippen molar-refractivity contribution < 1.29 is 24.1 Å². The minimum absolute atomic E-state index is 0.00915. The molecule has 0 aliphatic heterocycles. The first-order valence-electron chi connectivity index (χ1n) is 7.49. The van der Waals surface area contributed by atoms with Crippen LogP contribution in [0.1, 0.15) is 5.56 Å². The SMILES string of the molecule is COCCOCCOCCOc1ccc(C[C@@H](N)CO)cc1. The van der Waals surface area contributed by atoms with Crippen molar-refractivity contribution >= 4 is 0 Å². The zero-order chi connectivity index (χ0) is 16.0. The highest BCUT2D eigenvalue weighted by Crippen LogP contribution is 2.13. The van der Waals surface area contributed by atoms with E-state index in [-0.39, 0.29) is 12.6 Å². The molecule has 0 amide bonds. The van der Waals surface area contributed by atoms with E-state index in [0.717, 1.165) is 11.3 Å². The van der Waals surface area contributed by atoms with Gasteiger partial charge in [0.1, 0.15) is 12.4 Å². The molecule has 0 heterocycles. The van der Waals surface area contributed by atoms with Gasteiger partial charge in [0.05, 0.1) is 39.6 Å². The molecule has 0 unspecified atom stereocenters. The summed E-state index contributed by atoms with van der Waals surface area (Å²) in [5.74, 6) is 0.793. The van der Waals surface area contributed by atoms with Gasteiger partial charge in [0, 0.05) is 13.2 Å². The van der Waals surface area contributed by atoms with E-state index in [1.54, 1.807) is 7.11 Å². The molecule has 1 aromatic carbocycles. The first-order valence-corrected chi connectivity index (χ1v) is 7.49. The van der Waals surface area contributed by atoms with Crippen LogP contribution >= 0.6 is 0 Å². The average Bonchev–Trinajstić information content (AvgIpc) is 2.54. The lowest BCUT2D eigenvalue weighted by Crippen LogP contribution is -2.26. The van der Waals surface area contributed by atoms with E-state index in [0.29, 0.717) is 46.1 Å². The largest absolute Gasteiger partial charge is 0.491 e. The van der Waals surface area contributed by atoms with Crippen LogP contribution in [-0.4, -0.2) is 64.5 Å². The van der Waals surface area contributed by atoms with Crippen molar-refractivity contribution in [2.45, 2.75) is 12.5 Å². The molecule has 3 N–H and O–H groups in total. The molecule has 0 bridgehead atoms. The van der Waals surface area contributed by atoms with Crippen LogP contribution < -0.4 is 10.5 Å². The second kappa shape index (κ2) is 12.4. The molecule has 0 radical (unpaired) electrons. The third-order valence-electron chi connectivity index (χ3n) is 2.96. The van der Waals surface area contributed by atoms with Gasteiger partial charge in [-0.15, -0.1) is 0 Å².